The predicted molar refractivity (Wildman–Crippen MR) is 96.2 cm³/mol. The van der Waals surface area contributed by atoms with Gasteiger partial charge in [0.15, 0.2) is 0 Å². The third kappa shape index (κ3) is 6.53. The predicted octanol–water partition coefficient (Wildman–Crippen LogP) is 1.40. The number of rotatable bonds is 7. The SMILES string of the molecule is CC(C(=O)NCCC1=CCCCC1)N1CCC(NS(C)(=O)=O)CC1. The lowest BCUT2D eigenvalue weighted by atomic mass is 9.97. The Morgan fingerprint density at radius 1 is 1.33 bits per heavy atom. The number of hydrogen-bond donors (Lipinski definition) is 2. The number of hydrogen-bond acceptors (Lipinski definition) is 4. The van der Waals surface area contributed by atoms with E-state index in [1.807, 2.05) is 6.92 Å². The summed E-state index contributed by atoms with van der Waals surface area (Å²) in [4.78, 5) is 14.4. The third-order valence-corrected chi connectivity index (χ3v) is 5.73. The maximum atomic E-state index is 12.3. The van der Waals surface area contributed by atoms with Crippen molar-refractivity contribution in [2.45, 2.75) is 64.0 Å². The number of allylic oxidation sites excluding steroid dienone is 1. The molecule has 138 valence electrons. The van der Waals surface area contributed by atoms with Crippen molar-refractivity contribution in [3.63, 3.8) is 0 Å². The first-order valence-electron chi connectivity index (χ1n) is 9.02. The Bertz CT molecular complexity index is 551. The number of nitrogens with zero attached hydrogens (tertiary/aromatic N) is 1. The zero-order chi connectivity index (χ0) is 17.6. The Balaban J connectivity index is 1.68. The number of amides is 1. The average molecular weight is 358 g/mol. The molecule has 2 rings (SSSR count). The molecule has 7 heteroatoms. The van der Waals surface area contributed by atoms with Crippen LogP contribution in [0.5, 0.6) is 0 Å². The molecule has 1 atom stereocenters. The van der Waals surface area contributed by atoms with Crippen LogP contribution in [0.3, 0.4) is 0 Å². The monoisotopic (exact) mass is 357 g/mol. The van der Waals surface area contributed by atoms with Gasteiger partial charge >= 0.3 is 0 Å². The summed E-state index contributed by atoms with van der Waals surface area (Å²) in [7, 11) is -3.15. The smallest absolute Gasteiger partial charge is 0.237 e. The lowest BCUT2D eigenvalue weighted by molar-refractivity contribution is -0.126. The molecule has 1 heterocycles. The van der Waals surface area contributed by atoms with E-state index >= 15 is 0 Å². The first-order valence-corrected chi connectivity index (χ1v) is 10.9. The summed E-state index contributed by atoms with van der Waals surface area (Å²) in [6, 6.07) is -0.172. The molecule has 0 aromatic rings. The zero-order valence-electron chi connectivity index (χ0n) is 14.9. The van der Waals surface area contributed by atoms with E-state index in [9.17, 15) is 13.2 Å². The van der Waals surface area contributed by atoms with Gasteiger partial charge in [-0.3, -0.25) is 9.69 Å². The first-order chi connectivity index (χ1) is 11.3. The van der Waals surface area contributed by atoms with Crippen molar-refractivity contribution < 1.29 is 13.2 Å². The van der Waals surface area contributed by atoms with Crippen molar-refractivity contribution in [3.05, 3.63) is 11.6 Å². The van der Waals surface area contributed by atoms with Crippen molar-refractivity contribution in [2.75, 3.05) is 25.9 Å². The number of sulfonamides is 1. The van der Waals surface area contributed by atoms with Gasteiger partial charge in [0.2, 0.25) is 15.9 Å². The number of carbonyl (C=O) groups is 1. The molecule has 0 radical (unpaired) electrons. The minimum Gasteiger partial charge on any atom is -0.354 e. The maximum absolute atomic E-state index is 12.3. The minimum absolute atomic E-state index is 0.00949. The number of nitrogens with one attached hydrogen (secondary N) is 2. The highest BCUT2D eigenvalue weighted by Crippen LogP contribution is 2.19. The molecule has 2 aliphatic rings. The van der Waals surface area contributed by atoms with E-state index < -0.39 is 10.0 Å². The second kappa shape index (κ2) is 8.97. The van der Waals surface area contributed by atoms with E-state index in [1.54, 1.807) is 0 Å². The van der Waals surface area contributed by atoms with Gasteiger partial charge in [-0.2, -0.15) is 0 Å². The molecule has 1 fully saturated rings. The quantitative estimate of drug-likeness (QED) is 0.675. The number of carbonyl (C=O) groups excluding carboxylic acids is 1. The fourth-order valence-electron chi connectivity index (χ4n) is 3.50. The highest BCUT2D eigenvalue weighted by molar-refractivity contribution is 7.88. The largest absolute Gasteiger partial charge is 0.354 e. The van der Waals surface area contributed by atoms with Crippen LogP contribution < -0.4 is 10.0 Å². The summed E-state index contributed by atoms with van der Waals surface area (Å²) in [6.07, 6.45) is 10.9. The van der Waals surface area contributed by atoms with Crippen LogP contribution in [0.2, 0.25) is 0 Å². The van der Waals surface area contributed by atoms with Gasteiger partial charge in [0.05, 0.1) is 12.3 Å². The van der Waals surface area contributed by atoms with Crippen molar-refractivity contribution in [3.8, 4) is 0 Å². The zero-order valence-corrected chi connectivity index (χ0v) is 15.7. The van der Waals surface area contributed by atoms with Crippen LogP contribution in [0.15, 0.2) is 11.6 Å². The van der Waals surface area contributed by atoms with Crippen molar-refractivity contribution in [1.82, 2.24) is 14.9 Å². The topological polar surface area (TPSA) is 78.5 Å². The number of likely N-dealkylation sites (tertiary alicyclic amines) is 1. The van der Waals surface area contributed by atoms with E-state index in [2.05, 4.69) is 21.0 Å². The van der Waals surface area contributed by atoms with Gasteiger partial charge in [0.1, 0.15) is 0 Å². The molecule has 0 aromatic carbocycles. The van der Waals surface area contributed by atoms with E-state index in [0.717, 1.165) is 32.4 Å². The first kappa shape index (κ1) is 19.4. The van der Waals surface area contributed by atoms with Gasteiger partial charge in [-0.25, -0.2) is 13.1 Å². The summed E-state index contributed by atoms with van der Waals surface area (Å²) in [5.74, 6) is 0.0703. The van der Waals surface area contributed by atoms with E-state index in [1.165, 1.54) is 37.5 Å². The molecular weight excluding hydrogens is 326 g/mol. The van der Waals surface area contributed by atoms with E-state index in [4.69, 9.17) is 0 Å². The highest BCUT2D eigenvalue weighted by Gasteiger charge is 2.27. The van der Waals surface area contributed by atoms with Crippen molar-refractivity contribution in [1.29, 1.82) is 0 Å². The molecule has 2 N–H and O–H groups in total. The molecule has 0 spiro atoms. The normalized spacial score (nSPS) is 22.0. The molecule has 1 unspecified atom stereocenters. The van der Waals surface area contributed by atoms with Gasteiger partial charge in [-0.1, -0.05) is 11.6 Å². The average Bonchev–Trinajstić information content (AvgIpc) is 2.54. The summed E-state index contributed by atoms with van der Waals surface area (Å²) >= 11 is 0. The Hall–Kier alpha value is -0.920. The molecule has 1 saturated heterocycles. The molecular formula is C17H31N3O3S. The molecule has 1 aliphatic heterocycles. The molecule has 6 nitrogen and oxygen atoms in total. The fraction of sp³-hybridized carbons (Fsp3) is 0.824. The molecule has 0 bridgehead atoms. The van der Waals surface area contributed by atoms with Gasteiger partial charge < -0.3 is 5.32 Å². The lowest BCUT2D eigenvalue weighted by Crippen LogP contribution is -2.51. The molecule has 1 amide bonds. The van der Waals surface area contributed by atoms with Crippen LogP contribution in [-0.2, 0) is 14.8 Å². The van der Waals surface area contributed by atoms with Gasteiger partial charge in [0, 0.05) is 25.7 Å². The van der Waals surface area contributed by atoms with Crippen LogP contribution >= 0.6 is 0 Å². The highest BCUT2D eigenvalue weighted by atomic mass is 32.2. The second-order valence-electron chi connectivity index (χ2n) is 7.03. The second-order valence-corrected chi connectivity index (χ2v) is 8.81. The van der Waals surface area contributed by atoms with Gasteiger partial charge in [0.25, 0.3) is 0 Å². The van der Waals surface area contributed by atoms with Crippen molar-refractivity contribution in [2.24, 2.45) is 0 Å². The van der Waals surface area contributed by atoms with Crippen molar-refractivity contribution >= 4 is 15.9 Å². The molecule has 0 aromatic heterocycles. The minimum atomic E-state index is -3.15. The molecule has 0 saturated carbocycles. The van der Waals surface area contributed by atoms with Crippen LogP contribution in [0.1, 0.15) is 51.9 Å². The van der Waals surface area contributed by atoms with Gasteiger partial charge in [-0.15, -0.1) is 0 Å². The Morgan fingerprint density at radius 2 is 2.04 bits per heavy atom. The summed E-state index contributed by atoms with van der Waals surface area (Å²) < 4.78 is 25.2. The Labute approximate surface area is 146 Å². The molecule has 24 heavy (non-hydrogen) atoms. The number of piperidine rings is 1. The Kier molecular flexibility index (Phi) is 7.25. The van der Waals surface area contributed by atoms with Crippen LogP contribution in [0, 0.1) is 0 Å². The lowest BCUT2D eigenvalue weighted by Gasteiger charge is -2.35. The third-order valence-electron chi connectivity index (χ3n) is 4.97. The van der Waals surface area contributed by atoms with Crippen LogP contribution in [-0.4, -0.2) is 57.2 Å². The summed E-state index contributed by atoms with van der Waals surface area (Å²) in [6.45, 7) is 4.13. The van der Waals surface area contributed by atoms with E-state index in [-0.39, 0.29) is 18.0 Å². The van der Waals surface area contributed by atoms with E-state index in [0.29, 0.717) is 6.54 Å². The summed E-state index contributed by atoms with van der Waals surface area (Å²) in [5, 5.41) is 3.04. The molecule has 1 aliphatic carbocycles. The Morgan fingerprint density at radius 3 is 2.62 bits per heavy atom. The van der Waals surface area contributed by atoms with Crippen LogP contribution in [0.25, 0.3) is 0 Å². The maximum Gasteiger partial charge on any atom is 0.237 e. The van der Waals surface area contributed by atoms with Crippen LogP contribution in [0.4, 0.5) is 0 Å². The van der Waals surface area contributed by atoms with Gasteiger partial charge in [-0.05, 0) is 51.9 Å². The standard InChI is InChI=1S/C17H31N3O3S/c1-14(17(21)18-11-8-15-6-4-3-5-7-15)20-12-9-16(10-13-20)19-24(2,22)23/h6,14,16,19H,3-5,7-13H2,1-2H3,(H,18,21). The fourth-order valence-corrected chi connectivity index (χ4v) is 4.34. The summed E-state index contributed by atoms with van der Waals surface area (Å²) in [5.41, 5.74) is 1.47.